The molecule has 0 spiro atoms. The summed E-state index contributed by atoms with van der Waals surface area (Å²) in [4.78, 5) is 25.3. The second-order valence-corrected chi connectivity index (χ2v) is 8.99. The number of carbonyl (C=O) groups excluding carboxylic acids is 2. The maximum atomic E-state index is 12.6. The summed E-state index contributed by atoms with van der Waals surface area (Å²) in [6.45, 7) is 0. The highest BCUT2D eigenvalue weighted by Gasteiger charge is 2.08. The van der Waals surface area contributed by atoms with Gasteiger partial charge in [0.05, 0.1) is 0 Å². The Hall–Kier alpha value is -5.88. The minimum absolute atomic E-state index is 0.0255. The SMILES string of the molecule is C#Cc1cc(C#Cc2ccc(C(=O)c3ccccc3)cc2)cc(C#Cc2ccc(C(=O)c3ccccc3)cc2)c1. The fourth-order valence-electron chi connectivity index (χ4n) is 4.07. The van der Waals surface area contributed by atoms with Gasteiger partial charge in [-0.2, -0.15) is 0 Å². The molecule has 0 bridgehead atoms. The van der Waals surface area contributed by atoms with Crippen LogP contribution in [0.3, 0.4) is 0 Å². The first-order chi connectivity index (χ1) is 19.6. The lowest BCUT2D eigenvalue weighted by Crippen LogP contribution is -2.00. The lowest BCUT2D eigenvalue weighted by molar-refractivity contribution is 0.103. The van der Waals surface area contributed by atoms with E-state index in [1.807, 2.05) is 78.9 Å². The van der Waals surface area contributed by atoms with Gasteiger partial charge in [0.15, 0.2) is 11.6 Å². The maximum Gasteiger partial charge on any atom is 0.193 e. The lowest BCUT2D eigenvalue weighted by atomic mass is 10.0. The van der Waals surface area contributed by atoms with E-state index >= 15 is 0 Å². The van der Waals surface area contributed by atoms with Gasteiger partial charge in [0, 0.05) is 50.1 Å². The highest BCUT2D eigenvalue weighted by atomic mass is 16.1. The van der Waals surface area contributed by atoms with E-state index in [4.69, 9.17) is 6.42 Å². The molecule has 0 aliphatic rings. The molecule has 0 amide bonds. The minimum atomic E-state index is -0.0255. The Morgan fingerprint density at radius 1 is 0.400 bits per heavy atom. The van der Waals surface area contributed by atoms with Crippen molar-refractivity contribution in [2.75, 3.05) is 0 Å². The molecular weight excluding hydrogens is 488 g/mol. The summed E-state index contributed by atoms with van der Waals surface area (Å²) in [5.41, 5.74) is 6.27. The molecule has 0 saturated carbocycles. The largest absolute Gasteiger partial charge is 0.289 e. The van der Waals surface area contributed by atoms with Crippen LogP contribution in [0.15, 0.2) is 127 Å². The molecule has 5 aromatic carbocycles. The smallest absolute Gasteiger partial charge is 0.193 e. The summed E-state index contributed by atoms with van der Waals surface area (Å²) in [5, 5.41) is 0. The first-order valence-corrected chi connectivity index (χ1v) is 12.6. The molecule has 0 unspecified atom stereocenters. The van der Waals surface area contributed by atoms with E-state index in [2.05, 4.69) is 29.6 Å². The molecule has 0 aliphatic carbocycles. The van der Waals surface area contributed by atoms with Crippen LogP contribution in [0.4, 0.5) is 0 Å². The van der Waals surface area contributed by atoms with Crippen molar-refractivity contribution in [2.45, 2.75) is 0 Å². The van der Waals surface area contributed by atoms with Crippen LogP contribution in [0.1, 0.15) is 59.7 Å². The molecule has 5 aromatic rings. The average molecular weight is 511 g/mol. The van der Waals surface area contributed by atoms with Gasteiger partial charge in [-0.3, -0.25) is 9.59 Å². The van der Waals surface area contributed by atoms with Crippen LogP contribution in [-0.4, -0.2) is 11.6 Å². The Kier molecular flexibility index (Phi) is 7.80. The summed E-state index contributed by atoms with van der Waals surface area (Å²) in [7, 11) is 0. The van der Waals surface area contributed by atoms with Crippen LogP contribution >= 0.6 is 0 Å². The fourth-order valence-corrected chi connectivity index (χ4v) is 4.07. The van der Waals surface area contributed by atoms with Crippen LogP contribution in [0.2, 0.25) is 0 Å². The number of rotatable bonds is 4. The van der Waals surface area contributed by atoms with Crippen LogP contribution in [0, 0.1) is 36.0 Å². The van der Waals surface area contributed by atoms with Crippen molar-refractivity contribution < 1.29 is 9.59 Å². The van der Waals surface area contributed by atoms with Gasteiger partial charge in [-0.15, -0.1) is 6.42 Å². The number of ketones is 2. The van der Waals surface area contributed by atoms with Crippen LogP contribution < -0.4 is 0 Å². The second-order valence-electron chi connectivity index (χ2n) is 8.99. The van der Waals surface area contributed by atoms with Crippen LogP contribution in [0.5, 0.6) is 0 Å². The van der Waals surface area contributed by atoms with E-state index in [0.717, 1.165) is 22.3 Å². The summed E-state index contributed by atoms with van der Waals surface area (Å²) >= 11 is 0. The summed E-state index contributed by atoms with van der Waals surface area (Å²) in [6.07, 6.45) is 5.68. The van der Waals surface area contributed by atoms with E-state index in [-0.39, 0.29) is 11.6 Å². The molecule has 2 heteroatoms. The number of hydrogen-bond acceptors (Lipinski definition) is 2. The predicted octanol–water partition coefficient (Wildman–Crippen LogP) is 6.93. The molecule has 186 valence electrons. The number of terminal acetylenes is 1. The van der Waals surface area contributed by atoms with Gasteiger partial charge in [-0.25, -0.2) is 0 Å². The molecule has 40 heavy (non-hydrogen) atoms. The highest BCUT2D eigenvalue weighted by Crippen LogP contribution is 2.14. The first-order valence-electron chi connectivity index (χ1n) is 12.6. The standard InChI is InChI=1S/C38H22O2/c1-2-28-25-31(15-13-29-17-21-35(22-18-29)37(39)33-9-5-3-6-10-33)27-32(26-28)16-14-30-19-23-36(24-20-30)38(40)34-11-7-4-8-12-34/h1,3-12,17-27H. The van der Waals surface area contributed by atoms with Crippen molar-refractivity contribution in [3.63, 3.8) is 0 Å². The van der Waals surface area contributed by atoms with Gasteiger partial charge in [0.1, 0.15) is 0 Å². The monoisotopic (exact) mass is 510 g/mol. The van der Waals surface area contributed by atoms with E-state index < -0.39 is 0 Å². The van der Waals surface area contributed by atoms with Gasteiger partial charge < -0.3 is 0 Å². The van der Waals surface area contributed by atoms with Crippen molar-refractivity contribution in [1.29, 1.82) is 0 Å². The van der Waals surface area contributed by atoms with E-state index in [0.29, 0.717) is 27.8 Å². The molecule has 0 radical (unpaired) electrons. The third-order valence-electron chi connectivity index (χ3n) is 6.17. The zero-order valence-corrected chi connectivity index (χ0v) is 21.5. The van der Waals surface area contributed by atoms with Crippen molar-refractivity contribution in [3.8, 4) is 36.0 Å². The Labute approximate surface area is 234 Å². The lowest BCUT2D eigenvalue weighted by Gasteiger charge is -2.01. The third-order valence-corrected chi connectivity index (χ3v) is 6.17. The number of benzene rings is 5. The average Bonchev–Trinajstić information content (AvgIpc) is 3.03. The summed E-state index contributed by atoms with van der Waals surface area (Å²) in [6, 6.07) is 38.4. The van der Waals surface area contributed by atoms with Gasteiger partial charge >= 0.3 is 0 Å². The molecule has 5 rings (SSSR count). The molecule has 0 N–H and O–H groups in total. The molecular formula is C38H22O2. The molecule has 0 fully saturated rings. The molecule has 0 aliphatic heterocycles. The molecule has 0 heterocycles. The van der Waals surface area contributed by atoms with E-state index in [1.165, 1.54) is 0 Å². The van der Waals surface area contributed by atoms with Gasteiger partial charge in [-0.05, 0) is 66.7 Å². The summed E-state index contributed by atoms with van der Waals surface area (Å²) in [5.74, 6) is 15.2. The Morgan fingerprint density at radius 2 is 0.725 bits per heavy atom. The van der Waals surface area contributed by atoms with Crippen molar-refractivity contribution >= 4 is 11.6 Å². The van der Waals surface area contributed by atoms with Gasteiger partial charge in [0.2, 0.25) is 0 Å². The molecule has 2 nitrogen and oxygen atoms in total. The fraction of sp³-hybridized carbons (Fsp3) is 0. The van der Waals surface area contributed by atoms with Crippen molar-refractivity contribution in [2.24, 2.45) is 0 Å². The second kappa shape index (κ2) is 12.1. The first kappa shape index (κ1) is 25.8. The predicted molar refractivity (Wildman–Crippen MR) is 159 cm³/mol. The van der Waals surface area contributed by atoms with Crippen LogP contribution in [0.25, 0.3) is 0 Å². The summed E-state index contributed by atoms with van der Waals surface area (Å²) < 4.78 is 0. The quantitative estimate of drug-likeness (QED) is 0.194. The Balaban J connectivity index is 1.32. The van der Waals surface area contributed by atoms with E-state index in [9.17, 15) is 9.59 Å². The van der Waals surface area contributed by atoms with Crippen molar-refractivity contribution in [3.05, 3.63) is 177 Å². The molecule has 0 aromatic heterocycles. The highest BCUT2D eigenvalue weighted by molar-refractivity contribution is 6.09. The third kappa shape index (κ3) is 6.33. The maximum absolute atomic E-state index is 12.6. The zero-order chi connectivity index (χ0) is 27.7. The molecule has 0 saturated heterocycles. The Bertz CT molecular complexity index is 1720. The van der Waals surface area contributed by atoms with E-state index in [1.54, 1.807) is 48.5 Å². The van der Waals surface area contributed by atoms with Crippen LogP contribution in [-0.2, 0) is 0 Å². The normalized spacial score (nSPS) is 9.78. The topological polar surface area (TPSA) is 34.1 Å². The minimum Gasteiger partial charge on any atom is -0.289 e. The van der Waals surface area contributed by atoms with Gasteiger partial charge in [0.25, 0.3) is 0 Å². The number of carbonyl (C=O) groups is 2. The number of hydrogen-bond donors (Lipinski definition) is 0. The van der Waals surface area contributed by atoms with Crippen molar-refractivity contribution in [1.82, 2.24) is 0 Å². The van der Waals surface area contributed by atoms with Gasteiger partial charge in [-0.1, -0.05) is 90.3 Å². The zero-order valence-electron chi connectivity index (χ0n) is 21.5. The molecule has 0 atom stereocenters. The Morgan fingerprint density at radius 3 is 1.10 bits per heavy atom.